The van der Waals surface area contributed by atoms with Crippen LogP contribution in [0.25, 0.3) is 11.4 Å². The van der Waals surface area contributed by atoms with Crippen molar-refractivity contribution < 1.29 is 9.26 Å². The Labute approximate surface area is 174 Å². The van der Waals surface area contributed by atoms with E-state index in [1.165, 1.54) is 11.1 Å². The lowest BCUT2D eigenvalue weighted by molar-refractivity contribution is 0.128. The highest BCUT2D eigenvalue weighted by molar-refractivity contribution is 5.55. The largest absolute Gasteiger partial charge is 0.497 e. The van der Waals surface area contributed by atoms with Gasteiger partial charge in [-0.3, -0.25) is 4.90 Å². The first-order valence-electron chi connectivity index (χ1n) is 9.98. The van der Waals surface area contributed by atoms with Crippen molar-refractivity contribution >= 4 is 0 Å². The zero-order valence-corrected chi connectivity index (χ0v) is 17.0. The molecule has 2 aromatic heterocycles. The smallest absolute Gasteiger partial charge is 0.244 e. The van der Waals surface area contributed by atoms with Crippen molar-refractivity contribution in [2.75, 3.05) is 7.11 Å². The molecule has 1 aliphatic heterocycles. The third-order valence-electron chi connectivity index (χ3n) is 5.58. The minimum absolute atomic E-state index is 0.0263. The number of ether oxygens (including phenoxy) is 1. The lowest BCUT2D eigenvalue weighted by atomic mass is 10.0. The molecule has 0 aliphatic carbocycles. The van der Waals surface area contributed by atoms with Gasteiger partial charge < -0.3 is 14.2 Å². The van der Waals surface area contributed by atoms with Crippen LogP contribution in [0.3, 0.4) is 0 Å². The summed E-state index contributed by atoms with van der Waals surface area (Å²) in [5.41, 5.74) is 5.61. The van der Waals surface area contributed by atoms with E-state index in [1.54, 1.807) is 13.4 Å². The van der Waals surface area contributed by atoms with E-state index >= 15 is 0 Å². The van der Waals surface area contributed by atoms with Gasteiger partial charge in [-0.1, -0.05) is 35.0 Å². The van der Waals surface area contributed by atoms with Crippen LogP contribution in [0, 0.1) is 6.92 Å². The molecule has 0 radical (unpaired) electrons. The molecule has 5 rings (SSSR count). The van der Waals surface area contributed by atoms with E-state index in [0.29, 0.717) is 11.7 Å². The average molecular weight is 401 g/mol. The van der Waals surface area contributed by atoms with Crippen LogP contribution in [0.4, 0.5) is 0 Å². The minimum Gasteiger partial charge on any atom is -0.497 e. The summed E-state index contributed by atoms with van der Waals surface area (Å²) in [5.74, 6) is 1.99. The van der Waals surface area contributed by atoms with E-state index < -0.39 is 0 Å². The summed E-state index contributed by atoms with van der Waals surface area (Å²) in [5, 5.41) is 4.23. The molecule has 1 atom stereocenters. The van der Waals surface area contributed by atoms with Crippen molar-refractivity contribution in [3.05, 3.63) is 83.3 Å². The van der Waals surface area contributed by atoms with Crippen LogP contribution in [0.2, 0.25) is 0 Å². The molecule has 0 saturated carbocycles. The van der Waals surface area contributed by atoms with Gasteiger partial charge in [0.05, 0.1) is 30.9 Å². The number of nitrogens with zero attached hydrogens (tertiary/aromatic N) is 4. The van der Waals surface area contributed by atoms with Gasteiger partial charge in [0.2, 0.25) is 11.7 Å². The highest BCUT2D eigenvalue weighted by Crippen LogP contribution is 2.33. The molecule has 30 heavy (non-hydrogen) atoms. The van der Waals surface area contributed by atoms with Gasteiger partial charge >= 0.3 is 0 Å². The summed E-state index contributed by atoms with van der Waals surface area (Å²) in [6.07, 6.45) is 2.49. The van der Waals surface area contributed by atoms with Gasteiger partial charge in [-0.05, 0) is 36.8 Å². The third-order valence-corrected chi connectivity index (χ3v) is 5.58. The molecule has 0 fully saturated rings. The molecule has 0 spiro atoms. The van der Waals surface area contributed by atoms with E-state index in [1.807, 2.05) is 24.3 Å². The number of aromatic nitrogens is 4. The van der Waals surface area contributed by atoms with Crippen LogP contribution in [-0.2, 0) is 19.5 Å². The highest BCUT2D eigenvalue weighted by Gasteiger charge is 2.33. The molecule has 7 nitrogen and oxygen atoms in total. The van der Waals surface area contributed by atoms with Crippen LogP contribution < -0.4 is 4.74 Å². The van der Waals surface area contributed by atoms with Crippen molar-refractivity contribution in [1.82, 2.24) is 25.0 Å². The fourth-order valence-electron chi connectivity index (χ4n) is 3.85. The van der Waals surface area contributed by atoms with Crippen LogP contribution in [0.1, 0.15) is 34.4 Å². The summed E-state index contributed by atoms with van der Waals surface area (Å²) < 4.78 is 10.9. The maximum atomic E-state index is 5.72. The lowest BCUT2D eigenvalue weighted by Crippen LogP contribution is -2.34. The molecule has 1 N–H and O–H groups in total. The van der Waals surface area contributed by atoms with Gasteiger partial charge in [-0.15, -0.1) is 0 Å². The molecule has 1 unspecified atom stereocenters. The Morgan fingerprint density at radius 2 is 1.93 bits per heavy atom. The number of H-pyrrole nitrogens is 1. The number of hydrogen-bond acceptors (Lipinski definition) is 6. The second kappa shape index (κ2) is 7.76. The standard InChI is InChI=1S/C23H23N5O2/c1-15-3-5-16(6-4-15)12-28-13-20-19(24-14-25-20)11-21(28)23-26-22(27-30-23)17-7-9-18(29-2)10-8-17/h3-10,14,21H,11-13H2,1-2H3,(H,24,25). The lowest BCUT2D eigenvalue weighted by Gasteiger charge is -2.32. The molecule has 0 saturated heterocycles. The molecule has 3 heterocycles. The van der Waals surface area contributed by atoms with Gasteiger partial charge in [0.1, 0.15) is 5.75 Å². The number of aryl methyl sites for hydroxylation is 1. The number of hydrogen-bond donors (Lipinski definition) is 1. The Morgan fingerprint density at radius 1 is 1.13 bits per heavy atom. The SMILES string of the molecule is COc1ccc(-c2noc(C3Cc4nc[nH]c4CN3Cc3ccc(C)cc3)n2)cc1. The molecule has 152 valence electrons. The molecule has 4 aromatic rings. The highest BCUT2D eigenvalue weighted by atomic mass is 16.5. The van der Waals surface area contributed by atoms with Gasteiger partial charge in [0.25, 0.3) is 0 Å². The van der Waals surface area contributed by atoms with Crippen molar-refractivity contribution in [3.8, 4) is 17.1 Å². The summed E-state index contributed by atoms with van der Waals surface area (Å²) in [6, 6.07) is 16.3. The number of fused-ring (bicyclic) bond motifs is 1. The van der Waals surface area contributed by atoms with Crippen molar-refractivity contribution in [1.29, 1.82) is 0 Å². The molecule has 1 aliphatic rings. The van der Waals surface area contributed by atoms with Crippen molar-refractivity contribution in [2.24, 2.45) is 0 Å². The first-order chi connectivity index (χ1) is 14.7. The molecular formula is C23H23N5O2. The van der Waals surface area contributed by atoms with Crippen LogP contribution in [0.5, 0.6) is 5.75 Å². The predicted octanol–water partition coefficient (Wildman–Crippen LogP) is 4.08. The zero-order chi connectivity index (χ0) is 20.5. The molecular weight excluding hydrogens is 378 g/mol. The van der Waals surface area contributed by atoms with Gasteiger partial charge in [-0.2, -0.15) is 4.98 Å². The third kappa shape index (κ3) is 3.59. The summed E-state index contributed by atoms with van der Waals surface area (Å²) in [7, 11) is 1.65. The Hall–Kier alpha value is -3.45. The molecule has 2 aromatic carbocycles. The van der Waals surface area contributed by atoms with Crippen molar-refractivity contribution in [2.45, 2.75) is 32.5 Å². The second-order valence-corrected chi connectivity index (χ2v) is 7.62. The molecule has 0 amide bonds. The van der Waals surface area contributed by atoms with Gasteiger partial charge in [-0.25, -0.2) is 4.98 Å². The maximum absolute atomic E-state index is 5.72. The minimum atomic E-state index is -0.0263. The topological polar surface area (TPSA) is 80.1 Å². The number of benzene rings is 2. The quantitative estimate of drug-likeness (QED) is 0.543. The number of aromatic amines is 1. The Morgan fingerprint density at radius 3 is 2.70 bits per heavy atom. The van der Waals surface area contributed by atoms with Crippen LogP contribution in [-0.4, -0.2) is 32.1 Å². The first-order valence-corrected chi connectivity index (χ1v) is 9.98. The van der Waals surface area contributed by atoms with E-state index in [0.717, 1.165) is 42.2 Å². The molecule has 7 heteroatoms. The maximum Gasteiger partial charge on any atom is 0.244 e. The van der Waals surface area contributed by atoms with E-state index in [2.05, 4.69) is 51.2 Å². The fourth-order valence-corrected chi connectivity index (χ4v) is 3.85. The number of imidazole rings is 1. The summed E-state index contributed by atoms with van der Waals surface area (Å²) in [4.78, 5) is 14.8. The van der Waals surface area contributed by atoms with Gasteiger partial charge in [0.15, 0.2) is 0 Å². The van der Waals surface area contributed by atoms with E-state index in [-0.39, 0.29) is 6.04 Å². The zero-order valence-electron chi connectivity index (χ0n) is 17.0. The first kappa shape index (κ1) is 18.6. The Bertz CT molecular complexity index is 1130. The fraction of sp³-hybridized carbons (Fsp3) is 0.261. The van der Waals surface area contributed by atoms with E-state index in [9.17, 15) is 0 Å². The number of methoxy groups -OCH3 is 1. The van der Waals surface area contributed by atoms with Crippen LogP contribution in [0.15, 0.2) is 59.4 Å². The van der Waals surface area contributed by atoms with Gasteiger partial charge in [0, 0.05) is 25.1 Å². The average Bonchev–Trinajstić information content (AvgIpc) is 3.44. The van der Waals surface area contributed by atoms with E-state index in [4.69, 9.17) is 14.2 Å². The molecule has 0 bridgehead atoms. The van der Waals surface area contributed by atoms with Crippen molar-refractivity contribution in [3.63, 3.8) is 0 Å². The summed E-state index contributed by atoms with van der Waals surface area (Å²) in [6.45, 7) is 3.65. The Balaban J connectivity index is 1.44. The van der Waals surface area contributed by atoms with Crippen LogP contribution >= 0.6 is 0 Å². The predicted molar refractivity (Wildman–Crippen MR) is 112 cm³/mol. The number of rotatable bonds is 5. The normalized spacial score (nSPS) is 16.4. The Kier molecular flexibility index (Phi) is 4.80. The summed E-state index contributed by atoms with van der Waals surface area (Å²) >= 11 is 0. The monoisotopic (exact) mass is 401 g/mol. The second-order valence-electron chi connectivity index (χ2n) is 7.62. The number of nitrogens with one attached hydrogen (secondary N) is 1.